The third-order valence-electron chi connectivity index (χ3n) is 4.70. The van der Waals surface area contributed by atoms with E-state index < -0.39 is 34.5 Å². The van der Waals surface area contributed by atoms with Crippen LogP contribution in [0, 0.1) is 0 Å². The summed E-state index contributed by atoms with van der Waals surface area (Å²) >= 11 is 1.80. The molecule has 5 amide bonds. The van der Waals surface area contributed by atoms with Crippen LogP contribution in [0.2, 0.25) is 0 Å². The first-order valence-electron chi connectivity index (χ1n) is 12.2. The number of ether oxygens (including phenoxy) is 1. The van der Waals surface area contributed by atoms with Crippen LogP contribution in [0.3, 0.4) is 0 Å². The highest BCUT2D eigenvalue weighted by Crippen LogP contribution is 2.19. The third-order valence-corrected chi connectivity index (χ3v) is 6.42. The van der Waals surface area contributed by atoms with Gasteiger partial charge >= 0.3 is 17.9 Å². The highest BCUT2D eigenvalue weighted by Gasteiger charge is 2.33. The van der Waals surface area contributed by atoms with Crippen molar-refractivity contribution in [3.05, 3.63) is 0 Å². The number of imide groups is 2. The van der Waals surface area contributed by atoms with Crippen LogP contribution in [-0.2, 0) is 33.5 Å². The van der Waals surface area contributed by atoms with Crippen LogP contribution in [0.5, 0.6) is 0 Å². The Labute approximate surface area is 258 Å². The Hall–Kier alpha value is -2.89. The van der Waals surface area contributed by atoms with Gasteiger partial charge in [-0.15, -0.1) is 12.4 Å². The molecule has 0 spiro atoms. The van der Waals surface area contributed by atoms with Crippen molar-refractivity contribution in [3.8, 4) is 0 Å². The van der Waals surface area contributed by atoms with E-state index in [-0.39, 0.29) is 78.1 Å². The Balaban J connectivity index is 0. The molecule has 2 aliphatic heterocycles. The molecule has 0 radical (unpaired) electrons. The molecule has 0 unspecified atom stereocenters. The van der Waals surface area contributed by atoms with Crippen molar-refractivity contribution in [1.82, 2.24) is 15.1 Å². The van der Waals surface area contributed by atoms with Crippen molar-refractivity contribution in [3.63, 3.8) is 0 Å². The molecule has 240 valence electrons. The number of carbonyl (C=O) groups is 8. The molecule has 2 heterocycles. The van der Waals surface area contributed by atoms with Crippen LogP contribution >= 0.6 is 35.9 Å². The van der Waals surface area contributed by atoms with Gasteiger partial charge < -0.3 is 26.0 Å². The lowest BCUT2D eigenvalue weighted by Crippen LogP contribution is -2.50. The van der Waals surface area contributed by atoms with Crippen molar-refractivity contribution in [1.29, 1.82) is 0 Å². The van der Waals surface area contributed by atoms with Crippen LogP contribution in [0.15, 0.2) is 0 Å². The Kier molecular flexibility index (Phi) is 17.0. The average molecular weight is 659 g/mol. The Morgan fingerprint density at radius 1 is 0.833 bits per heavy atom. The molecule has 18 heteroatoms. The second-order valence-electron chi connectivity index (χ2n) is 10.8. The molecular formula is C24H39ClN4O11S2. The second kappa shape index (κ2) is 17.3. The van der Waals surface area contributed by atoms with E-state index in [2.05, 4.69) is 5.32 Å². The largest absolute Gasteiger partial charge is 0.481 e. The molecular weight excluding hydrogens is 620 g/mol. The van der Waals surface area contributed by atoms with E-state index in [1.807, 2.05) is 20.8 Å². The summed E-state index contributed by atoms with van der Waals surface area (Å²) in [6, 6.07) is 0. The highest BCUT2D eigenvalue weighted by atomic mass is 35.5. The molecule has 0 aromatic rings. The standard InChI is InChI=1S/C10H14N2O5S.C8H17NO2.C6H7NO4S.ClH/c1-10(2,8(15)16)11-6(13)3-4-12-7(14)5-18-9(12)17;1-7(2,3)11-6(10)8(4,5)9;8-4-3-12-6(11)7(4)2-1-5(9)10;/h3-5H2,1-2H3,(H,11,13)(H,15,16);9H2,1-5H3;1-3H2,(H,9,10);1H. The number of nitrogens with zero attached hydrogens (tertiary/aromatic N) is 2. The van der Waals surface area contributed by atoms with Gasteiger partial charge in [0.2, 0.25) is 17.7 Å². The molecule has 2 fully saturated rings. The Bertz CT molecular complexity index is 1020. The van der Waals surface area contributed by atoms with Gasteiger partial charge in [-0.1, -0.05) is 23.5 Å². The van der Waals surface area contributed by atoms with Gasteiger partial charge in [0.05, 0.1) is 17.9 Å². The quantitative estimate of drug-likeness (QED) is 0.258. The first-order valence-corrected chi connectivity index (χ1v) is 14.2. The summed E-state index contributed by atoms with van der Waals surface area (Å²) in [5.74, 6) is -3.43. The maximum Gasteiger partial charge on any atom is 0.328 e. The van der Waals surface area contributed by atoms with E-state index in [4.69, 9.17) is 20.7 Å². The van der Waals surface area contributed by atoms with Crippen molar-refractivity contribution >= 4 is 82.0 Å². The predicted molar refractivity (Wildman–Crippen MR) is 157 cm³/mol. The number of hydrogen-bond donors (Lipinski definition) is 4. The Morgan fingerprint density at radius 3 is 1.50 bits per heavy atom. The number of nitrogens with two attached hydrogens (primary N) is 1. The van der Waals surface area contributed by atoms with E-state index in [1.54, 1.807) is 13.8 Å². The van der Waals surface area contributed by atoms with E-state index in [0.717, 1.165) is 33.3 Å². The van der Waals surface area contributed by atoms with Crippen molar-refractivity contribution < 1.29 is 53.3 Å². The number of esters is 1. The van der Waals surface area contributed by atoms with Crippen molar-refractivity contribution in [2.75, 3.05) is 24.6 Å². The number of hydrogen-bond acceptors (Lipinski definition) is 12. The van der Waals surface area contributed by atoms with Gasteiger partial charge in [0.15, 0.2) is 0 Å². The highest BCUT2D eigenvalue weighted by molar-refractivity contribution is 8.15. The number of rotatable bonds is 9. The number of carboxylic acids is 2. The molecule has 0 aromatic carbocycles. The normalized spacial score (nSPS) is 15.1. The fourth-order valence-electron chi connectivity index (χ4n) is 2.49. The zero-order valence-corrected chi connectivity index (χ0v) is 27.0. The second-order valence-corrected chi connectivity index (χ2v) is 12.6. The fraction of sp³-hybridized carbons (Fsp3) is 0.667. The van der Waals surface area contributed by atoms with Gasteiger partial charge in [-0.3, -0.25) is 43.4 Å². The number of nitrogens with one attached hydrogen (secondary N) is 1. The van der Waals surface area contributed by atoms with Crippen LogP contribution < -0.4 is 11.1 Å². The third kappa shape index (κ3) is 15.9. The van der Waals surface area contributed by atoms with E-state index >= 15 is 0 Å². The molecule has 5 N–H and O–H groups in total. The zero-order chi connectivity index (χ0) is 32.3. The van der Waals surface area contributed by atoms with Gasteiger partial charge in [-0.05, 0) is 48.5 Å². The maximum atomic E-state index is 11.5. The summed E-state index contributed by atoms with van der Waals surface area (Å²) in [5, 5.41) is 18.7. The van der Waals surface area contributed by atoms with Gasteiger partial charge in [0.25, 0.3) is 10.5 Å². The monoisotopic (exact) mass is 658 g/mol. The number of aliphatic carboxylic acids is 2. The number of amides is 5. The lowest BCUT2D eigenvalue weighted by atomic mass is 10.1. The van der Waals surface area contributed by atoms with Gasteiger partial charge in [0.1, 0.15) is 16.7 Å². The van der Waals surface area contributed by atoms with Crippen LogP contribution in [0.4, 0.5) is 9.59 Å². The molecule has 0 aromatic heterocycles. The minimum Gasteiger partial charge on any atom is -0.481 e. The van der Waals surface area contributed by atoms with Gasteiger partial charge in [-0.25, -0.2) is 4.79 Å². The summed E-state index contributed by atoms with van der Waals surface area (Å²) < 4.78 is 5.04. The fourth-order valence-corrected chi connectivity index (χ4v) is 3.99. The molecule has 0 bridgehead atoms. The van der Waals surface area contributed by atoms with Crippen molar-refractivity contribution in [2.24, 2.45) is 5.73 Å². The molecule has 42 heavy (non-hydrogen) atoms. The van der Waals surface area contributed by atoms with E-state index in [9.17, 15) is 38.4 Å². The first kappa shape index (κ1) is 41.2. The summed E-state index contributed by atoms with van der Waals surface area (Å²) in [7, 11) is 0. The summed E-state index contributed by atoms with van der Waals surface area (Å²) in [4.78, 5) is 89.7. The SMILES string of the molecule is CC(C)(C)OC(=O)C(C)(C)N.CC(C)(NC(=O)CCN1C(=O)CSC1=O)C(=O)O.Cl.O=C(O)CCN1C(=O)CSC1=O. The van der Waals surface area contributed by atoms with Crippen LogP contribution in [0.25, 0.3) is 0 Å². The zero-order valence-electron chi connectivity index (χ0n) is 24.5. The number of halogens is 1. The molecule has 0 saturated carbocycles. The van der Waals surface area contributed by atoms with E-state index in [0.29, 0.717) is 0 Å². The molecule has 15 nitrogen and oxygen atoms in total. The summed E-state index contributed by atoms with van der Waals surface area (Å²) in [6.45, 7) is 11.4. The van der Waals surface area contributed by atoms with Gasteiger partial charge in [-0.2, -0.15) is 0 Å². The average Bonchev–Trinajstić information content (AvgIpc) is 3.29. The smallest absolute Gasteiger partial charge is 0.328 e. The number of carbonyl (C=O) groups excluding carboxylic acids is 6. The first-order chi connectivity index (χ1) is 18.5. The van der Waals surface area contributed by atoms with Gasteiger partial charge in [0, 0.05) is 19.5 Å². The molecule has 2 rings (SSSR count). The predicted octanol–water partition coefficient (Wildman–Crippen LogP) is 1.70. The van der Waals surface area contributed by atoms with Crippen LogP contribution in [0.1, 0.15) is 61.3 Å². The maximum absolute atomic E-state index is 11.5. The number of thioether (sulfide) groups is 2. The summed E-state index contributed by atoms with van der Waals surface area (Å²) in [5.41, 5.74) is 2.80. The lowest BCUT2D eigenvalue weighted by Gasteiger charge is -2.25. The summed E-state index contributed by atoms with van der Waals surface area (Å²) in [6.07, 6.45) is -0.285. The molecule has 2 saturated heterocycles. The Morgan fingerprint density at radius 2 is 1.24 bits per heavy atom. The van der Waals surface area contributed by atoms with Crippen molar-refractivity contribution in [2.45, 2.75) is 78.0 Å². The lowest BCUT2D eigenvalue weighted by molar-refractivity contribution is -0.160. The minimum atomic E-state index is -1.37. The van der Waals surface area contributed by atoms with E-state index in [1.165, 1.54) is 13.8 Å². The molecule has 0 atom stereocenters. The minimum absolute atomic E-state index is 0. The van der Waals surface area contributed by atoms with Crippen LogP contribution in [-0.4, -0.2) is 107 Å². The number of carboxylic acid groups (broad SMARTS) is 2. The topological polar surface area (TPSA) is 231 Å². The molecule has 2 aliphatic rings. The molecule has 0 aliphatic carbocycles.